The van der Waals surface area contributed by atoms with Crippen LogP contribution in [0.15, 0.2) is 0 Å². The lowest BCUT2D eigenvalue weighted by Crippen LogP contribution is -2.60. The minimum atomic E-state index is -0.447. The highest BCUT2D eigenvalue weighted by atomic mass is 16.3. The molecule has 4 rings (SSSR count). The van der Waals surface area contributed by atoms with Crippen LogP contribution in [0.1, 0.15) is 79.1 Å². The van der Waals surface area contributed by atoms with Crippen molar-refractivity contribution in [1.82, 2.24) is 0 Å². The van der Waals surface area contributed by atoms with Gasteiger partial charge in [-0.1, -0.05) is 20.8 Å². The first kappa shape index (κ1) is 15.4. The van der Waals surface area contributed by atoms with Crippen molar-refractivity contribution in [3.8, 4) is 0 Å². The highest BCUT2D eigenvalue weighted by molar-refractivity contribution is 5.18. The molecule has 4 aliphatic rings. The van der Waals surface area contributed by atoms with Crippen LogP contribution in [0.2, 0.25) is 0 Å². The summed E-state index contributed by atoms with van der Waals surface area (Å²) in [5.41, 5.74) is 0.464. The molecule has 2 bridgehead atoms. The molecule has 2 heteroatoms. The maximum absolute atomic E-state index is 10.8. The van der Waals surface area contributed by atoms with E-state index in [2.05, 4.69) is 27.7 Å². The summed E-state index contributed by atoms with van der Waals surface area (Å²) in [5.74, 6) is 2.01. The van der Waals surface area contributed by atoms with Gasteiger partial charge in [0.05, 0.1) is 11.7 Å². The van der Waals surface area contributed by atoms with E-state index >= 15 is 0 Å². The Hall–Kier alpha value is -0.0800. The van der Waals surface area contributed by atoms with Gasteiger partial charge in [0.15, 0.2) is 0 Å². The summed E-state index contributed by atoms with van der Waals surface area (Å²) >= 11 is 0. The van der Waals surface area contributed by atoms with E-state index in [4.69, 9.17) is 0 Å². The van der Waals surface area contributed by atoms with Gasteiger partial charge < -0.3 is 10.2 Å². The normalized spacial score (nSPS) is 59.7. The molecule has 4 aliphatic carbocycles. The Morgan fingerprint density at radius 1 is 0.864 bits per heavy atom. The lowest BCUT2D eigenvalue weighted by molar-refractivity contribution is -0.193. The number of hydrogen-bond acceptors (Lipinski definition) is 2. The summed E-state index contributed by atoms with van der Waals surface area (Å²) in [6.45, 7) is 9.36. The minimum absolute atomic E-state index is 0.133. The average Bonchev–Trinajstić information content (AvgIpc) is 2.71. The van der Waals surface area contributed by atoms with E-state index < -0.39 is 5.60 Å². The topological polar surface area (TPSA) is 40.5 Å². The van der Waals surface area contributed by atoms with Crippen LogP contribution in [0, 0.1) is 34.0 Å². The summed E-state index contributed by atoms with van der Waals surface area (Å²) in [6.07, 6.45) is 9.09. The van der Waals surface area contributed by atoms with Crippen LogP contribution in [-0.4, -0.2) is 21.9 Å². The molecule has 7 atom stereocenters. The number of fused-ring (bicyclic) bond motifs is 2. The molecule has 0 radical (unpaired) electrons. The van der Waals surface area contributed by atoms with Gasteiger partial charge in [-0.15, -0.1) is 0 Å². The highest BCUT2D eigenvalue weighted by Crippen LogP contribution is 2.75. The summed E-state index contributed by atoms with van der Waals surface area (Å²) in [6, 6.07) is 0. The summed E-state index contributed by atoms with van der Waals surface area (Å²) < 4.78 is 0. The van der Waals surface area contributed by atoms with Crippen molar-refractivity contribution in [2.75, 3.05) is 0 Å². The number of aliphatic hydroxyl groups is 2. The van der Waals surface area contributed by atoms with Crippen molar-refractivity contribution in [1.29, 1.82) is 0 Å². The molecule has 0 unspecified atom stereocenters. The zero-order chi connectivity index (χ0) is 16.0. The summed E-state index contributed by atoms with van der Waals surface area (Å²) in [4.78, 5) is 0. The number of hydrogen-bond donors (Lipinski definition) is 2. The van der Waals surface area contributed by atoms with E-state index in [1.807, 2.05) is 0 Å². The Morgan fingerprint density at radius 2 is 1.59 bits per heavy atom. The fourth-order valence-electron chi connectivity index (χ4n) is 8.04. The molecule has 0 amide bonds. The summed E-state index contributed by atoms with van der Waals surface area (Å²) in [7, 11) is 0. The number of rotatable bonds is 0. The van der Waals surface area contributed by atoms with Gasteiger partial charge in [0.25, 0.3) is 0 Å². The molecule has 0 heterocycles. The molecular weight excluding hydrogens is 272 g/mol. The zero-order valence-electron chi connectivity index (χ0n) is 14.9. The lowest BCUT2D eigenvalue weighted by Gasteiger charge is -2.66. The standard InChI is InChI=1S/C20H34O2/c1-17(2)11-15(21)12-18(3)16(17)6-5-13-9-14-10-20(13,18)8-7-19(14,4)22/h13-16,21-22H,5-12H2,1-4H3/t13-,14-,15-,16-,18-,19-,20+/m0/s1. The van der Waals surface area contributed by atoms with Crippen molar-refractivity contribution in [2.45, 2.75) is 90.8 Å². The van der Waals surface area contributed by atoms with Gasteiger partial charge in [0.1, 0.15) is 0 Å². The van der Waals surface area contributed by atoms with Crippen molar-refractivity contribution < 1.29 is 10.2 Å². The highest BCUT2D eigenvalue weighted by Gasteiger charge is 2.69. The molecule has 1 spiro atoms. The fourth-order valence-corrected chi connectivity index (χ4v) is 8.04. The second-order valence-electron chi connectivity index (χ2n) is 10.4. The Labute approximate surface area is 135 Å². The maximum atomic E-state index is 10.8. The first-order valence-electron chi connectivity index (χ1n) is 9.51. The van der Waals surface area contributed by atoms with Crippen LogP contribution < -0.4 is 0 Å². The second-order valence-corrected chi connectivity index (χ2v) is 10.4. The van der Waals surface area contributed by atoms with Crippen LogP contribution >= 0.6 is 0 Å². The van der Waals surface area contributed by atoms with E-state index in [1.54, 1.807) is 0 Å². The monoisotopic (exact) mass is 306 g/mol. The van der Waals surface area contributed by atoms with Crippen LogP contribution in [0.3, 0.4) is 0 Å². The predicted octanol–water partition coefficient (Wildman–Crippen LogP) is 4.14. The molecule has 0 aliphatic heterocycles. The molecule has 0 aromatic heterocycles. The van der Waals surface area contributed by atoms with Gasteiger partial charge in [-0.3, -0.25) is 0 Å². The van der Waals surface area contributed by atoms with Crippen molar-refractivity contribution in [3.63, 3.8) is 0 Å². The van der Waals surface area contributed by atoms with Crippen molar-refractivity contribution in [3.05, 3.63) is 0 Å². The van der Waals surface area contributed by atoms with Gasteiger partial charge in [-0.05, 0) is 92.3 Å². The van der Waals surface area contributed by atoms with Gasteiger partial charge in [-0.2, -0.15) is 0 Å². The third kappa shape index (κ3) is 1.75. The maximum Gasteiger partial charge on any atom is 0.0648 e. The average molecular weight is 306 g/mol. The lowest BCUT2D eigenvalue weighted by atomic mass is 9.39. The molecule has 0 aromatic rings. The third-order valence-corrected chi connectivity index (χ3v) is 8.99. The Balaban J connectivity index is 1.78. The Kier molecular flexibility index (Phi) is 3.02. The van der Waals surface area contributed by atoms with E-state index in [0.717, 1.165) is 31.1 Å². The fraction of sp³-hybridized carbons (Fsp3) is 1.00. The number of aliphatic hydroxyl groups excluding tert-OH is 1. The SMILES string of the molecule is CC1(C)C[C@H](O)C[C@@]2(C)[C@H]1CC[C@H]1C[C@H]3C[C@]12CC[C@]3(C)O. The van der Waals surface area contributed by atoms with Gasteiger partial charge in [0, 0.05) is 0 Å². The molecule has 126 valence electrons. The zero-order valence-corrected chi connectivity index (χ0v) is 14.9. The molecule has 0 saturated heterocycles. The van der Waals surface area contributed by atoms with Crippen molar-refractivity contribution in [2.24, 2.45) is 34.0 Å². The van der Waals surface area contributed by atoms with Crippen LogP contribution in [0.25, 0.3) is 0 Å². The van der Waals surface area contributed by atoms with Crippen LogP contribution in [0.4, 0.5) is 0 Å². The molecule has 22 heavy (non-hydrogen) atoms. The molecular formula is C20H34O2. The smallest absolute Gasteiger partial charge is 0.0648 e. The molecule has 0 aromatic carbocycles. The third-order valence-electron chi connectivity index (χ3n) is 8.99. The van der Waals surface area contributed by atoms with E-state index in [1.165, 1.54) is 32.1 Å². The van der Waals surface area contributed by atoms with Crippen LogP contribution in [0.5, 0.6) is 0 Å². The van der Waals surface area contributed by atoms with E-state index in [0.29, 0.717) is 11.3 Å². The van der Waals surface area contributed by atoms with E-state index in [-0.39, 0.29) is 16.9 Å². The van der Waals surface area contributed by atoms with Gasteiger partial charge in [-0.25, -0.2) is 0 Å². The largest absolute Gasteiger partial charge is 0.393 e. The molecule has 2 N–H and O–H groups in total. The van der Waals surface area contributed by atoms with Gasteiger partial charge in [0.2, 0.25) is 0 Å². The molecule has 4 fully saturated rings. The molecule has 4 saturated carbocycles. The van der Waals surface area contributed by atoms with Crippen LogP contribution in [-0.2, 0) is 0 Å². The Bertz CT molecular complexity index is 482. The van der Waals surface area contributed by atoms with E-state index in [9.17, 15) is 10.2 Å². The van der Waals surface area contributed by atoms with Gasteiger partial charge >= 0.3 is 0 Å². The molecule has 2 nitrogen and oxygen atoms in total. The first-order chi connectivity index (χ1) is 10.1. The van der Waals surface area contributed by atoms with Crippen molar-refractivity contribution >= 4 is 0 Å². The quantitative estimate of drug-likeness (QED) is 0.706. The summed E-state index contributed by atoms with van der Waals surface area (Å²) in [5, 5.41) is 21.4. The minimum Gasteiger partial charge on any atom is -0.393 e. The Morgan fingerprint density at radius 3 is 2.32 bits per heavy atom. The second kappa shape index (κ2) is 4.30. The predicted molar refractivity (Wildman–Crippen MR) is 88.4 cm³/mol. The first-order valence-corrected chi connectivity index (χ1v) is 9.51.